The van der Waals surface area contributed by atoms with Crippen molar-refractivity contribution in [1.29, 1.82) is 0 Å². The van der Waals surface area contributed by atoms with E-state index in [-0.39, 0.29) is 11.8 Å². The molecule has 5 nitrogen and oxygen atoms in total. The molecule has 2 aromatic rings. The summed E-state index contributed by atoms with van der Waals surface area (Å²) in [5.74, 6) is -1.02. The maximum absolute atomic E-state index is 12.3. The van der Waals surface area contributed by atoms with Gasteiger partial charge in [-0.05, 0) is 36.1 Å². The van der Waals surface area contributed by atoms with E-state index in [9.17, 15) is 9.59 Å². The van der Waals surface area contributed by atoms with E-state index in [2.05, 4.69) is 5.32 Å². The lowest BCUT2D eigenvalue weighted by atomic mass is 10.0. The number of carboxylic acids is 1. The van der Waals surface area contributed by atoms with Crippen LogP contribution in [0.4, 0.5) is 5.69 Å². The van der Waals surface area contributed by atoms with Crippen LogP contribution in [0.3, 0.4) is 0 Å². The molecule has 2 N–H and O–H groups in total. The van der Waals surface area contributed by atoms with Gasteiger partial charge in [0, 0.05) is 11.3 Å². The van der Waals surface area contributed by atoms with Gasteiger partial charge in [-0.3, -0.25) is 9.59 Å². The molecule has 1 amide bonds. The SMILES string of the molecule is CC(Cc1ccc(NC(=O)c2occc2C(C)C)cc1)C(=O)O. The number of hydrogen-bond donors (Lipinski definition) is 2. The van der Waals surface area contributed by atoms with Crippen LogP contribution in [0.5, 0.6) is 0 Å². The van der Waals surface area contributed by atoms with Crippen LogP contribution in [0.15, 0.2) is 41.0 Å². The molecule has 0 aliphatic heterocycles. The zero-order valence-electron chi connectivity index (χ0n) is 13.5. The van der Waals surface area contributed by atoms with Crippen molar-refractivity contribution in [1.82, 2.24) is 0 Å². The van der Waals surface area contributed by atoms with Crippen molar-refractivity contribution in [3.05, 3.63) is 53.5 Å². The van der Waals surface area contributed by atoms with E-state index < -0.39 is 11.9 Å². The van der Waals surface area contributed by atoms with E-state index in [1.165, 1.54) is 6.26 Å². The summed E-state index contributed by atoms with van der Waals surface area (Å²) in [5, 5.41) is 11.7. The summed E-state index contributed by atoms with van der Waals surface area (Å²) in [6.45, 7) is 5.67. The molecule has 0 aliphatic rings. The fourth-order valence-electron chi connectivity index (χ4n) is 2.31. The first-order chi connectivity index (χ1) is 10.9. The average Bonchev–Trinajstić information content (AvgIpc) is 2.99. The summed E-state index contributed by atoms with van der Waals surface area (Å²) < 4.78 is 5.29. The summed E-state index contributed by atoms with van der Waals surface area (Å²) in [4.78, 5) is 23.1. The largest absolute Gasteiger partial charge is 0.481 e. The molecule has 0 saturated carbocycles. The van der Waals surface area contributed by atoms with Gasteiger partial charge >= 0.3 is 5.97 Å². The van der Waals surface area contributed by atoms with Gasteiger partial charge in [0.25, 0.3) is 5.91 Å². The molecule has 0 aliphatic carbocycles. The van der Waals surface area contributed by atoms with Crippen LogP contribution in [0.2, 0.25) is 0 Å². The molecule has 122 valence electrons. The lowest BCUT2D eigenvalue weighted by Gasteiger charge is -2.09. The Bertz CT molecular complexity index is 685. The summed E-state index contributed by atoms with van der Waals surface area (Å²) in [6.07, 6.45) is 1.97. The minimum atomic E-state index is -0.818. The minimum absolute atomic E-state index is 0.203. The molecule has 0 saturated heterocycles. The third-order valence-electron chi connectivity index (χ3n) is 3.70. The number of nitrogens with one attached hydrogen (secondary N) is 1. The smallest absolute Gasteiger partial charge is 0.306 e. The van der Waals surface area contributed by atoms with E-state index >= 15 is 0 Å². The number of hydrogen-bond acceptors (Lipinski definition) is 3. The van der Waals surface area contributed by atoms with Crippen molar-refractivity contribution in [3.63, 3.8) is 0 Å². The van der Waals surface area contributed by atoms with Crippen LogP contribution in [0, 0.1) is 5.92 Å². The number of carbonyl (C=O) groups is 2. The lowest BCUT2D eigenvalue weighted by Crippen LogP contribution is -2.14. The van der Waals surface area contributed by atoms with E-state index in [4.69, 9.17) is 9.52 Å². The predicted molar refractivity (Wildman–Crippen MR) is 87.7 cm³/mol. The zero-order valence-corrected chi connectivity index (χ0v) is 13.5. The van der Waals surface area contributed by atoms with Crippen molar-refractivity contribution < 1.29 is 19.1 Å². The van der Waals surface area contributed by atoms with Crippen molar-refractivity contribution >= 4 is 17.6 Å². The van der Waals surface area contributed by atoms with Crippen molar-refractivity contribution in [3.8, 4) is 0 Å². The maximum Gasteiger partial charge on any atom is 0.306 e. The summed E-state index contributed by atoms with van der Waals surface area (Å²) in [5.41, 5.74) is 2.43. The maximum atomic E-state index is 12.3. The third-order valence-corrected chi connectivity index (χ3v) is 3.70. The molecule has 2 rings (SSSR count). The van der Waals surface area contributed by atoms with Crippen molar-refractivity contribution in [2.45, 2.75) is 33.1 Å². The third kappa shape index (κ3) is 4.22. The second kappa shape index (κ2) is 7.13. The first-order valence-corrected chi connectivity index (χ1v) is 7.59. The van der Waals surface area contributed by atoms with Crippen LogP contribution in [-0.4, -0.2) is 17.0 Å². The van der Waals surface area contributed by atoms with Gasteiger partial charge in [-0.15, -0.1) is 0 Å². The van der Waals surface area contributed by atoms with Gasteiger partial charge in [-0.1, -0.05) is 32.9 Å². The normalized spacial score (nSPS) is 12.2. The van der Waals surface area contributed by atoms with E-state index in [1.54, 1.807) is 25.1 Å². The highest BCUT2D eigenvalue weighted by molar-refractivity contribution is 6.03. The number of rotatable bonds is 6. The fourth-order valence-corrected chi connectivity index (χ4v) is 2.31. The molecular weight excluding hydrogens is 294 g/mol. The number of benzene rings is 1. The Balaban J connectivity index is 2.04. The van der Waals surface area contributed by atoms with Gasteiger partial charge in [0.2, 0.25) is 0 Å². The predicted octanol–water partition coefficient (Wildman–Crippen LogP) is 3.92. The number of amides is 1. The monoisotopic (exact) mass is 315 g/mol. The number of anilines is 1. The molecule has 1 atom stereocenters. The zero-order chi connectivity index (χ0) is 17.0. The number of furan rings is 1. The molecule has 5 heteroatoms. The number of carboxylic acid groups (broad SMARTS) is 1. The molecule has 0 bridgehead atoms. The van der Waals surface area contributed by atoms with E-state index in [0.717, 1.165) is 11.1 Å². The first-order valence-electron chi connectivity index (χ1n) is 7.59. The minimum Gasteiger partial charge on any atom is -0.481 e. The summed E-state index contributed by atoms with van der Waals surface area (Å²) >= 11 is 0. The Morgan fingerprint density at radius 2 is 1.78 bits per heavy atom. The fraction of sp³-hybridized carbons (Fsp3) is 0.333. The summed E-state index contributed by atoms with van der Waals surface area (Å²) in [6, 6.07) is 8.97. The molecule has 23 heavy (non-hydrogen) atoms. The molecule has 0 spiro atoms. The van der Waals surface area contributed by atoms with Crippen LogP contribution >= 0.6 is 0 Å². The van der Waals surface area contributed by atoms with Crippen LogP contribution in [0.25, 0.3) is 0 Å². The highest BCUT2D eigenvalue weighted by Gasteiger charge is 2.18. The average molecular weight is 315 g/mol. The topological polar surface area (TPSA) is 79.5 Å². The summed E-state index contributed by atoms with van der Waals surface area (Å²) in [7, 11) is 0. The Kier molecular flexibility index (Phi) is 5.21. The van der Waals surface area contributed by atoms with Gasteiger partial charge in [0.1, 0.15) is 0 Å². The molecule has 1 heterocycles. The second-order valence-electron chi connectivity index (χ2n) is 5.95. The van der Waals surface area contributed by atoms with Gasteiger partial charge in [0.05, 0.1) is 12.2 Å². The molecule has 1 aromatic carbocycles. The highest BCUT2D eigenvalue weighted by Crippen LogP contribution is 2.22. The van der Waals surface area contributed by atoms with Gasteiger partial charge in [-0.25, -0.2) is 0 Å². The molecule has 1 aromatic heterocycles. The molecular formula is C18H21NO4. The van der Waals surface area contributed by atoms with Crippen LogP contribution in [0.1, 0.15) is 48.4 Å². The van der Waals surface area contributed by atoms with Crippen LogP contribution in [-0.2, 0) is 11.2 Å². The molecule has 0 radical (unpaired) electrons. The Hall–Kier alpha value is -2.56. The van der Waals surface area contributed by atoms with Crippen LogP contribution < -0.4 is 5.32 Å². The van der Waals surface area contributed by atoms with Gasteiger partial charge in [0.15, 0.2) is 5.76 Å². The second-order valence-corrected chi connectivity index (χ2v) is 5.95. The van der Waals surface area contributed by atoms with E-state index in [1.807, 2.05) is 26.0 Å². The molecule has 1 unspecified atom stereocenters. The number of aliphatic carboxylic acids is 1. The van der Waals surface area contributed by atoms with Crippen molar-refractivity contribution in [2.24, 2.45) is 5.92 Å². The molecule has 0 fully saturated rings. The first kappa shape index (κ1) is 16.8. The van der Waals surface area contributed by atoms with Crippen molar-refractivity contribution in [2.75, 3.05) is 5.32 Å². The standard InChI is InChI=1S/C18H21NO4/c1-11(2)15-8-9-23-16(15)17(20)19-14-6-4-13(5-7-14)10-12(3)18(21)22/h4-9,11-12H,10H2,1-3H3,(H,19,20)(H,21,22). The Labute approximate surface area is 135 Å². The van der Waals surface area contributed by atoms with E-state index in [0.29, 0.717) is 17.9 Å². The quantitative estimate of drug-likeness (QED) is 0.846. The van der Waals surface area contributed by atoms with Gasteiger partial charge in [-0.2, -0.15) is 0 Å². The number of carbonyl (C=O) groups excluding carboxylic acids is 1. The lowest BCUT2D eigenvalue weighted by molar-refractivity contribution is -0.141. The Morgan fingerprint density at radius 3 is 2.35 bits per heavy atom. The highest BCUT2D eigenvalue weighted by atomic mass is 16.4. The Morgan fingerprint density at radius 1 is 1.13 bits per heavy atom. The van der Waals surface area contributed by atoms with Gasteiger partial charge < -0.3 is 14.8 Å².